The number of halogens is 1. The zero-order valence-electron chi connectivity index (χ0n) is 16.5. The van der Waals surface area contributed by atoms with E-state index >= 15 is 0 Å². The molecule has 8 heteroatoms. The third kappa shape index (κ3) is 7.69. The number of sulfone groups is 1. The second kappa shape index (κ2) is 10.9. The number of aryl methyl sites for hydroxylation is 1. The lowest BCUT2D eigenvalue weighted by molar-refractivity contribution is 0.581. The Labute approximate surface area is 179 Å². The third-order valence-electron chi connectivity index (χ3n) is 4.30. The van der Waals surface area contributed by atoms with E-state index in [0.29, 0.717) is 13.0 Å². The average molecular weight is 506 g/mol. The average Bonchev–Trinajstić information content (AvgIpc) is 2.97. The number of nitrogens with one attached hydrogen (secondary N) is 3. The zero-order chi connectivity index (χ0) is 19.2. The van der Waals surface area contributed by atoms with Gasteiger partial charge in [0.05, 0.1) is 5.75 Å². The van der Waals surface area contributed by atoms with Gasteiger partial charge < -0.3 is 15.6 Å². The fourth-order valence-corrected chi connectivity index (χ4v) is 3.73. The SMILES string of the molecule is CCNC(=NCCc1c[nH]c2cccc(C)c12)NC(C)CCS(C)(=O)=O.I. The Hall–Kier alpha value is -1.29. The minimum absolute atomic E-state index is 0. The van der Waals surface area contributed by atoms with E-state index in [1.54, 1.807) is 0 Å². The highest BCUT2D eigenvalue weighted by Gasteiger charge is 2.10. The first kappa shape index (κ1) is 23.7. The molecule has 0 aliphatic carbocycles. The molecule has 1 atom stereocenters. The lowest BCUT2D eigenvalue weighted by atomic mass is 10.1. The summed E-state index contributed by atoms with van der Waals surface area (Å²) in [5.74, 6) is 0.903. The number of nitrogens with zero attached hydrogens (tertiary/aromatic N) is 1. The highest BCUT2D eigenvalue weighted by atomic mass is 127. The van der Waals surface area contributed by atoms with Crippen LogP contribution in [-0.2, 0) is 16.3 Å². The quantitative estimate of drug-likeness (QED) is 0.292. The van der Waals surface area contributed by atoms with Crippen LogP contribution in [0.2, 0.25) is 0 Å². The molecular formula is C19H31IN4O2S. The summed E-state index contributed by atoms with van der Waals surface area (Å²) in [6.45, 7) is 7.53. The van der Waals surface area contributed by atoms with E-state index in [4.69, 9.17) is 0 Å². The Bertz CT molecular complexity index is 862. The fourth-order valence-electron chi connectivity index (χ4n) is 2.95. The molecule has 0 amide bonds. The number of aromatic amines is 1. The summed E-state index contributed by atoms with van der Waals surface area (Å²) in [4.78, 5) is 7.96. The largest absolute Gasteiger partial charge is 0.361 e. The van der Waals surface area contributed by atoms with Crippen LogP contribution < -0.4 is 10.6 Å². The van der Waals surface area contributed by atoms with E-state index in [-0.39, 0.29) is 35.8 Å². The van der Waals surface area contributed by atoms with Gasteiger partial charge in [0.2, 0.25) is 0 Å². The molecule has 2 rings (SSSR count). The van der Waals surface area contributed by atoms with Crippen LogP contribution in [0.5, 0.6) is 0 Å². The predicted octanol–water partition coefficient (Wildman–Crippen LogP) is 3.02. The molecule has 2 aromatic rings. The number of benzene rings is 1. The van der Waals surface area contributed by atoms with Crippen LogP contribution >= 0.6 is 24.0 Å². The van der Waals surface area contributed by atoms with Crippen LogP contribution in [0.1, 0.15) is 31.4 Å². The Morgan fingerprint density at radius 2 is 2.07 bits per heavy atom. The smallest absolute Gasteiger partial charge is 0.191 e. The maximum atomic E-state index is 11.3. The van der Waals surface area contributed by atoms with Crippen molar-refractivity contribution in [1.29, 1.82) is 0 Å². The summed E-state index contributed by atoms with van der Waals surface area (Å²) in [7, 11) is -2.94. The number of H-pyrrole nitrogens is 1. The molecule has 27 heavy (non-hydrogen) atoms. The number of rotatable bonds is 8. The molecule has 0 bridgehead atoms. The summed E-state index contributed by atoms with van der Waals surface area (Å²) in [5, 5.41) is 7.79. The fraction of sp³-hybridized carbons (Fsp3) is 0.526. The molecule has 0 aliphatic heterocycles. The summed E-state index contributed by atoms with van der Waals surface area (Å²) in [5.41, 5.74) is 3.69. The molecule has 1 aromatic carbocycles. The van der Waals surface area contributed by atoms with Gasteiger partial charge in [-0.15, -0.1) is 24.0 Å². The predicted molar refractivity (Wildman–Crippen MR) is 125 cm³/mol. The molecule has 0 saturated carbocycles. The first-order valence-electron chi connectivity index (χ1n) is 9.08. The first-order chi connectivity index (χ1) is 12.3. The highest BCUT2D eigenvalue weighted by Crippen LogP contribution is 2.22. The monoisotopic (exact) mass is 506 g/mol. The molecule has 6 nitrogen and oxygen atoms in total. The summed E-state index contributed by atoms with van der Waals surface area (Å²) in [6, 6.07) is 6.31. The molecule has 0 saturated heterocycles. The number of hydrogen-bond acceptors (Lipinski definition) is 3. The normalized spacial score (nSPS) is 13.3. The standard InChI is InChI=1S/C19H30N4O2S.HI/c1-5-20-19(23-15(3)10-12-26(4,24)25)21-11-9-16-13-22-17-8-6-7-14(2)18(16)17;/h6-8,13,15,22H,5,9-12H2,1-4H3,(H2,20,21,23);1H. The van der Waals surface area contributed by atoms with E-state index in [0.717, 1.165) is 24.4 Å². The van der Waals surface area contributed by atoms with Gasteiger partial charge in [0, 0.05) is 42.5 Å². The lowest BCUT2D eigenvalue weighted by Gasteiger charge is -2.17. The summed E-state index contributed by atoms with van der Waals surface area (Å²) >= 11 is 0. The van der Waals surface area contributed by atoms with Gasteiger partial charge in [-0.3, -0.25) is 4.99 Å². The van der Waals surface area contributed by atoms with Crippen molar-refractivity contribution in [2.45, 2.75) is 39.7 Å². The number of aliphatic imine (C=N–C) groups is 1. The second-order valence-corrected chi connectivity index (χ2v) is 9.05. The van der Waals surface area contributed by atoms with Crippen molar-refractivity contribution >= 4 is 50.7 Å². The van der Waals surface area contributed by atoms with Gasteiger partial charge in [0.1, 0.15) is 9.84 Å². The maximum Gasteiger partial charge on any atom is 0.191 e. The van der Waals surface area contributed by atoms with E-state index in [1.807, 2.05) is 13.8 Å². The van der Waals surface area contributed by atoms with Crippen molar-refractivity contribution in [2.24, 2.45) is 4.99 Å². The van der Waals surface area contributed by atoms with Gasteiger partial charge in [-0.2, -0.15) is 0 Å². The van der Waals surface area contributed by atoms with Gasteiger partial charge in [0.25, 0.3) is 0 Å². The van der Waals surface area contributed by atoms with Gasteiger partial charge in [0.15, 0.2) is 5.96 Å². The van der Waals surface area contributed by atoms with Crippen molar-refractivity contribution in [3.05, 3.63) is 35.5 Å². The minimum Gasteiger partial charge on any atom is -0.361 e. The Balaban J connectivity index is 0.00000364. The van der Waals surface area contributed by atoms with Crippen LogP contribution in [0.4, 0.5) is 0 Å². The van der Waals surface area contributed by atoms with Gasteiger partial charge in [-0.1, -0.05) is 12.1 Å². The number of aromatic nitrogens is 1. The molecule has 0 spiro atoms. The van der Waals surface area contributed by atoms with Crippen molar-refractivity contribution < 1.29 is 8.42 Å². The van der Waals surface area contributed by atoms with Crippen LogP contribution in [0.3, 0.4) is 0 Å². The van der Waals surface area contributed by atoms with E-state index in [2.05, 4.69) is 51.9 Å². The topological polar surface area (TPSA) is 86.3 Å². The Morgan fingerprint density at radius 3 is 2.74 bits per heavy atom. The van der Waals surface area contributed by atoms with E-state index in [9.17, 15) is 8.42 Å². The zero-order valence-corrected chi connectivity index (χ0v) is 19.6. The van der Waals surface area contributed by atoms with Crippen LogP contribution in [0.15, 0.2) is 29.4 Å². The van der Waals surface area contributed by atoms with Gasteiger partial charge >= 0.3 is 0 Å². The molecule has 0 fully saturated rings. The van der Waals surface area contributed by atoms with Crippen molar-refractivity contribution in [3.63, 3.8) is 0 Å². The molecule has 152 valence electrons. The summed E-state index contributed by atoms with van der Waals surface area (Å²) < 4.78 is 22.6. The molecule has 1 aromatic heterocycles. The first-order valence-corrected chi connectivity index (χ1v) is 11.1. The van der Waals surface area contributed by atoms with Crippen molar-refractivity contribution in [3.8, 4) is 0 Å². The van der Waals surface area contributed by atoms with Crippen LogP contribution in [0.25, 0.3) is 10.9 Å². The minimum atomic E-state index is -2.94. The maximum absolute atomic E-state index is 11.3. The molecule has 0 radical (unpaired) electrons. The second-order valence-electron chi connectivity index (χ2n) is 6.79. The number of guanidine groups is 1. The molecule has 3 N–H and O–H groups in total. The Morgan fingerprint density at radius 1 is 1.33 bits per heavy atom. The Kier molecular flexibility index (Phi) is 9.58. The molecule has 1 unspecified atom stereocenters. The van der Waals surface area contributed by atoms with Crippen LogP contribution in [-0.4, -0.2) is 50.5 Å². The number of hydrogen-bond donors (Lipinski definition) is 3. The molecule has 0 aliphatic rings. The lowest BCUT2D eigenvalue weighted by Crippen LogP contribution is -2.43. The van der Waals surface area contributed by atoms with E-state index < -0.39 is 9.84 Å². The van der Waals surface area contributed by atoms with Crippen LogP contribution in [0, 0.1) is 6.92 Å². The summed E-state index contributed by atoms with van der Waals surface area (Å²) in [6.07, 6.45) is 4.73. The number of fused-ring (bicyclic) bond motifs is 1. The molecule has 1 heterocycles. The highest BCUT2D eigenvalue weighted by molar-refractivity contribution is 14.0. The van der Waals surface area contributed by atoms with E-state index in [1.165, 1.54) is 22.8 Å². The van der Waals surface area contributed by atoms with Crippen molar-refractivity contribution in [2.75, 3.05) is 25.1 Å². The van der Waals surface area contributed by atoms with Gasteiger partial charge in [-0.05, 0) is 50.8 Å². The van der Waals surface area contributed by atoms with Gasteiger partial charge in [-0.25, -0.2) is 8.42 Å². The third-order valence-corrected chi connectivity index (χ3v) is 5.27. The molecular weight excluding hydrogens is 475 g/mol. The van der Waals surface area contributed by atoms with Crippen molar-refractivity contribution in [1.82, 2.24) is 15.6 Å².